The summed E-state index contributed by atoms with van der Waals surface area (Å²) in [6.45, 7) is 7.50. The first kappa shape index (κ1) is 19.0. The van der Waals surface area contributed by atoms with E-state index in [0.29, 0.717) is 35.7 Å². The monoisotopic (exact) mass is 380 g/mol. The molecule has 5 nitrogen and oxygen atoms in total. The third-order valence-electron chi connectivity index (χ3n) is 3.91. The fraction of sp³-hybridized carbons (Fsp3) is 0.600. The molecule has 1 aromatic rings. The normalized spacial score (nSPS) is 18.3. The molecular formula is C15H22Cl2N2O3S. The van der Waals surface area contributed by atoms with E-state index in [1.165, 1.54) is 18.2 Å². The zero-order chi connectivity index (χ0) is 17.0. The summed E-state index contributed by atoms with van der Waals surface area (Å²) in [5, 5.41) is 0.595. The topological polar surface area (TPSA) is 58.6 Å². The van der Waals surface area contributed by atoms with Crippen molar-refractivity contribution < 1.29 is 13.2 Å². The second-order valence-corrected chi connectivity index (χ2v) is 8.56. The van der Waals surface area contributed by atoms with E-state index in [2.05, 4.69) is 23.5 Å². The first-order valence-electron chi connectivity index (χ1n) is 7.57. The third-order valence-corrected chi connectivity index (χ3v) is 5.75. The zero-order valence-corrected chi connectivity index (χ0v) is 15.6. The summed E-state index contributed by atoms with van der Waals surface area (Å²) < 4.78 is 33.0. The average molecular weight is 381 g/mol. The highest BCUT2D eigenvalue weighted by Crippen LogP contribution is 2.22. The molecule has 23 heavy (non-hydrogen) atoms. The summed E-state index contributed by atoms with van der Waals surface area (Å²) in [7, 11) is -3.65. The van der Waals surface area contributed by atoms with E-state index in [1.54, 1.807) is 0 Å². The molecule has 8 heteroatoms. The maximum absolute atomic E-state index is 12.5. The van der Waals surface area contributed by atoms with Crippen LogP contribution in [-0.4, -0.2) is 52.2 Å². The lowest BCUT2D eigenvalue weighted by atomic mass is 10.0. The summed E-state index contributed by atoms with van der Waals surface area (Å²) in [4.78, 5) is 2.35. The molecule has 0 saturated carbocycles. The van der Waals surface area contributed by atoms with Gasteiger partial charge in [0.05, 0.1) is 18.1 Å². The molecule has 2 rings (SSSR count). The van der Waals surface area contributed by atoms with E-state index >= 15 is 0 Å². The number of ether oxygens (including phenoxy) is 1. The fourth-order valence-electron chi connectivity index (χ4n) is 2.66. The maximum atomic E-state index is 12.5. The van der Waals surface area contributed by atoms with Crippen LogP contribution >= 0.6 is 23.2 Å². The van der Waals surface area contributed by atoms with Gasteiger partial charge >= 0.3 is 0 Å². The van der Waals surface area contributed by atoms with Crippen LogP contribution in [-0.2, 0) is 14.8 Å². The first-order valence-corrected chi connectivity index (χ1v) is 9.81. The Hall–Kier alpha value is -0.370. The minimum Gasteiger partial charge on any atom is -0.379 e. The van der Waals surface area contributed by atoms with E-state index in [-0.39, 0.29) is 10.9 Å². The molecule has 1 heterocycles. The van der Waals surface area contributed by atoms with Gasteiger partial charge in [0, 0.05) is 35.7 Å². The van der Waals surface area contributed by atoms with Gasteiger partial charge in [-0.25, -0.2) is 13.1 Å². The van der Waals surface area contributed by atoms with Crippen LogP contribution in [0.4, 0.5) is 0 Å². The Labute approximate surface area is 148 Å². The summed E-state index contributed by atoms with van der Waals surface area (Å²) in [5.41, 5.74) is 0. The molecule has 1 fully saturated rings. The maximum Gasteiger partial charge on any atom is 0.240 e. The number of morpholine rings is 1. The molecule has 130 valence electrons. The van der Waals surface area contributed by atoms with Gasteiger partial charge in [-0.15, -0.1) is 0 Å². The number of hydrogen-bond donors (Lipinski definition) is 1. The second-order valence-electron chi connectivity index (χ2n) is 5.92. The van der Waals surface area contributed by atoms with Crippen molar-refractivity contribution in [1.29, 1.82) is 0 Å². The fourth-order valence-corrected chi connectivity index (χ4v) is 4.43. The van der Waals surface area contributed by atoms with Crippen molar-refractivity contribution in [2.45, 2.75) is 24.8 Å². The minimum atomic E-state index is -3.65. The van der Waals surface area contributed by atoms with Crippen LogP contribution in [0.1, 0.15) is 13.8 Å². The Balaban J connectivity index is 2.09. The summed E-state index contributed by atoms with van der Waals surface area (Å²) in [5.74, 6) is 0.318. The van der Waals surface area contributed by atoms with Crippen molar-refractivity contribution in [1.82, 2.24) is 9.62 Å². The molecule has 1 aliphatic heterocycles. The van der Waals surface area contributed by atoms with Gasteiger partial charge in [0.1, 0.15) is 0 Å². The van der Waals surface area contributed by atoms with Gasteiger partial charge in [-0.05, 0) is 24.1 Å². The Morgan fingerprint density at radius 1 is 1.17 bits per heavy atom. The van der Waals surface area contributed by atoms with Crippen LogP contribution in [0.25, 0.3) is 0 Å². The Morgan fingerprint density at radius 2 is 1.74 bits per heavy atom. The summed E-state index contributed by atoms with van der Waals surface area (Å²) in [6.07, 6.45) is 0. The van der Waals surface area contributed by atoms with Crippen LogP contribution in [0.3, 0.4) is 0 Å². The smallest absolute Gasteiger partial charge is 0.240 e. The van der Waals surface area contributed by atoms with Crippen molar-refractivity contribution in [2.75, 3.05) is 32.8 Å². The van der Waals surface area contributed by atoms with Gasteiger partial charge in [0.2, 0.25) is 10.0 Å². The van der Waals surface area contributed by atoms with Gasteiger partial charge < -0.3 is 4.74 Å². The number of halogens is 2. The van der Waals surface area contributed by atoms with E-state index < -0.39 is 10.0 Å². The number of benzene rings is 1. The largest absolute Gasteiger partial charge is 0.379 e. The molecule has 1 atom stereocenters. The van der Waals surface area contributed by atoms with Crippen molar-refractivity contribution in [3.63, 3.8) is 0 Å². The number of hydrogen-bond acceptors (Lipinski definition) is 4. The molecule has 0 amide bonds. The second kappa shape index (κ2) is 8.14. The standard InChI is InChI=1S/C15H22Cl2N2O3S/c1-11(2)15(19-3-5-22-6-4-19)10-18-23(20,21)14-8-12(16)7-13(17)9-14/h7-9,11,15,18H,3-6,10H2,1-2H3/t15-/m0/s1. The van der Waals surface area contributed by atoms with Crippen LogP contribution in [0.2, 0.25) is 10.0 Å². The van der Waals surface area contributed by atoms with E-state index in [4.69, 9.17) is 27.9 Å². The van der Waals surface area contributed by atoms with Gasteiger partial charge in [-0.2, -0.15) is 0 Å². The predicted molar refractivity (Wildman–Crippen MR) is 92.7 cm³/mol. The lowest BCUT2D eigenvalue weighted by molar-refractivity contribution is 0.00776. The van der Waals surface area contributed by atoms with Crippen molar-refractivity contribution in [3.8, 4) is 0 Å². The molecule has 0 aromatic heterocycles. The third kappa shape index (κ3) is 5.31. The highest BCUT2D eigenvalue weighted by molar-refractivity contribution is 7.89. The minimum absolute atomic E-state index is 0.0829. The van der Waals surface area contributed by atoms with Gasteiger partial charge in [0.15, 0.2) is 0 Å². The van der Waals surface area contributed by atoms with Crippen LogP contribution in [0.5, 0.6) is 0 Å². The SMILES string of the molecule is CC(C)[C@H](CNS(=O)(=O)c1cc(Cl)cc(Cl)c1)N1CCOCC1. The molecule has 1 aromatic carbocycles. The first-order chi connectivity index (χ1) is 10.8. The van der Waals surface area contributed by atoms with Crippen molar-refractivity contribution in [2.24, 2.45) is 5.92 Å². The van der Waals surface area contributed by atoms with Gasteiger partial charge in [-0.3, -0.25) is 4.90 Å². The summed E-state index contributed by atoms with van der Waals surface area (Å²) in [6, 6.07) is 4.42. The molecule has 0 spiro atoms. The molecule has 0 aliphatic carbocycles. The van der Waals surface area contributed by atoms with E-state index in [1.807, 2.05) is 0 Å². The van der Waals surface area contributed by atoms with Crippen LogP contribution < -0.4 is 4.72 Å². The lowest BCUT2D eigenvalue weighted by Crippen LogP contribution is -2.51. The molecule has 1 saturated heterocycles. The highest BCUT2D eigenvalue weighted by atomic mass is 35.5. The molecule has 0 bridgehead atoms. The van der Waals surface area contributed by atoms with Crippen LogP contribution in [0.15, 0.2) is 23.1 Å². The molecule has 1 aliphatic rings. The molecule has 1 N–H and O–H groups in total. The van der Waals surface area contributed by atoms with Crippen molar-refractivity contribution >= 4 is 33.2 Å². The number of nitrogens with one attached hydrogen (secondary N) is 1. The highest BCUT2D eigenvalue weighted by Gasteiger charge is 2.26. The van der Waals surface area contributed by atoms with Gasteiger partial charge in [0.25, 0.3) is 0 Å². The van der Waals surface area contributed by atoms with Crippen molar-refractivity contribution in [3.05, 3.63) is 28.2 Å². The zero-order valence-electron chi connectivity index (χ0n) is 13.3. The predicted octanol–water partition coefficient (Wildman–Crippen LogP) is 2.63. The Kier molecular flexibility index (Phi) is 6.71. The van der Waals surface area contributed by atoms with E-state index in [0.717, 1.165) is 13.1 Å². The quantitative estimate of drug-likeness (QED) is 0.823. The Morgan fingerprint density at radius 3 is 2.26 bits per heavy atom. The molecule has 0 unspecified atom stereocenters. The molecular weight excluding hydrogens is 359 g/mol. The van der Waals surface area contributed by atoms with Crippen LogP contribution in [0, 0.1) is 5.92 Å². The average Bonchev–Trinajstić information content (AvgIpc) is 2.47. The molecule has 0 radical (unpaired) electrons. The number of sulfonamides is 1. The number of nitrogens with zero attached hydrogens (tertiary/aromatic N) is 1. The lowest BCUT2D eigenvalue weighted by Gasteiger charge is -2.36. The van der Waals surface area contributed by atoms with Gasteiger partial charge in [-0.1, -0.05) is 37.0 Å². The Bertz CT molecular complexity index is 611. The van der Waals surface area contributed by atoms with E-state index in [9.17, 15) is 8.42 Å². The summed E-state index contributed by atoms with van der Waals surface area (Å²) >= 11 is 11.8. The number of rotatable bonds is 6.